The molecule has 0 bridgehead atoms. The Morgan fingerprint density at radius 1 is 1.12 bits per heavy atom. The number of benzene rings is 1. The van der Waals surface area contributed by atoms with Gasteiger partial charge in [0.1, 0.15) is 6.61 Å². The molecule has 0 aliphatic carbocycles. The molecular formula is C25H37N3O6. The fraction of sp³-hybridized carbons (Fsp3) is 0.640. The van der Waals surface area contributed by atoms with Crippen molar-refractivity contribution in [3.8, 4) is 0 Å². The van der Waals surface area contributed by atoms with E-state index in [1.165, 1.54) is 5.56 Å². The zero-order chi connectivity index (χ0) is 24.6. The number of amides is 1. The molecule has 1 amide bonds. The second-order valence-corrected chi connectivity index (χ2v) is 9.88. The molecule has 0 aromatic heterocycles. The fourth-order valence-electron chi connectivity index (χ4n) is 3.92. The zero-order valence-electron chi connectivity index (χ0n) is 20.5. The number of nitrogens with one attached hydrogen (secondary N) is 2. The van der Waals surface area contributed by atoms with Gasteiger partial charge >= 0.3 is 11.9 Å². The number of piperidine rings is 1. The lowest BCUT2D eigenvalue weighted by atomic mass is 9.98. The maximum atomic E-state index is 12.3. The molecule has 188 valence electrons. The van der Waals surface area contributed by atoms with E-state index in [0.29, 0.717) is 13.1 Å². The topological polar surface area (TPSA) is 106 Å². The molecule has 1 saturated heterocycles. The van der Waals surface area contributed by atoms with Gasteiger partial charge in [-0.25, -0.2) is 0 Å². The summed E-state index contributed by atoms with van der Waals surface area (Å²) in [5.74, 6) is -0.961. The third-order valence-electron chi connectivity index (χ3n) is 5.97. The molecule has 1 aromatic rings. The van der Waals surface area contributed by atoms with Crippen LogP contribution in [-0.4, -0.2) is 68.4 Å². The molecule has 1 aromatic carbocycles. The van der Waals surface area contributed by atoms with E-state index in [-0.39, 0.29) is 31.8 Å². The van der Waals surface area contributed by atoms with E-state index in [1.54, 1.807) is 20.8 Å². The van der Waals surface area contributed by atoms with E-state index in [1.807, 2.05) is 18.2 Å². The summed E-state index contributed by atoms with van der Waals surface area (Å²) in [4.78, 5) is 38.2. The van der Waals surface area contributed by atoms with Crippen molar-refractivity contribution >= 4 is 23.5 Å². The first-order chi connectivity index (χ1) is 16.2. The average molecular weight is 476 g/mol. The van der Waals surface area contributed by atoms with Gasteiger partial charge in [-0.15, -0.1) is 0 Å². The van der Waals surface area contributed by atoms with E-state index in [9.17, 15) is 14.4 Å². The normalized spacial score (nSPS) is 17.0. The van der Waals surface area contributed by atoms with E-state index in [0.717, 1.165) is 50.1 Å². The Morgan fingerprint density at radius 2 is 1.88 bits per heavy atom. The maximum absolute atomic E-state index is 12.3. The molecule has 34 heavy (non-hydrogen) atoms. The van der Waals surface area contributed by atoms with Crippen molar-refractivity contribution in [3.63, 3.8) is 0 Å². The molecule has 0 unspecified atom stereocenters. The van der Waals surface area contributed by atoms with Crippen LogP contribution in [0.5, 0.6) is 0 Å². The van der Waals surface area contributed by atoms with Crippen molar-refractivity contribution in [1.29, 1.82) is 0 Å². The molecule has 2 aliphatic rings. The molecule has 9 heteroatoms. The summed E-state index contributed by atoms with van der Waals surface area (Å²) in [7, 11) is 0. The highest BCUT2D eigenvalue weighted by atomic mass is 16.7. The minimum absolute atomic E-state index is 0.0566. The Labute approximate surface area is 201 Å². The Morgan fingerprint density at radius 3 is 2.62 bits per heavy atom. The monoisotopic (exact) mass is 475 g/mol. The minimum Gasteiger partial charge on any atom is -0.428 e. The Bertz CT molecular complexity index is 861. The summed E-state index contributed by atoms with van der Waals surface area (Å²) in [6.07, 6.45) is 3.09. The van der Waals surface area contributed by atoms with Crippen molar-refractivity contribution in [2.45, 2.75) is 59.1 Å². The van der Waals surface area contributed by atoms with E-state index >= 15 is 0 Å². The number of rotatable bonds is 9. The van der Waals surface area contributed by atoms with Gasteiger partial charge in [0.2, 0.25) is 12.7 Å². The molecule has 3 rings (SSSR count). The number of carbonyl (C=O) groups excluding carboxylic acids is 3. The van der Waals surface area contributed by atoms with Gasteiger partial charge in [0.15, 0.2) is 0 Å². The molecule has 0 spiro atoms. The molecule has 0 atom stereocenters. The van der Waals surface area contributed by atoms with Gasteiger partial charge in [0.25, 0.3) is 0 Å². The first-order valence-corrected chi connectivity index (χ1v) is 12.0. The third-order valence-corrected chi connectivity index (χ3v) is 5.97. The van der Waals surface area contributed by atoms with Crippen LogP contribution >= 0.6 is 0 Å². The number of carbonyl (C=O) groups is 3. The van der Waals surface area contributed by atoms with Gasteiger partial charge < -0.3 is 24.8 Å². The molecule has 9 nitrogen and oxygen atoms in total. The standard InChI is InChI=1S/C25H37N3O6/c1-25(2,3)24(31)34-17-33-23(30)9-13-28-12-8-18-4-5-20(14-19(18)15-28)27-22(29)16-32-21-6-10-26-11-7-21/h4-5,14,21,26H,6-13,15-17H2,1-3H3,(H,27,29). The first-order valence-electron chi connectivity index (χ1n) is 12.0. The SMILES string of the molecule is CC(C)(C)C(=O)OCOC(=O)CCN1CCc2ccc(NC(=O)COC3CCNCC3)cc2C1. The van der Waals surface area contributed by atoms with Crippen LogP contribution in [0.25, 0.3) is 0 Å². The van der Waals surface area contributed by atoms with Gasteiger partial charge in [-0.1, -0.05) is 6.07 Å². The summed E-state index contributed by atoms with van der Waals surface area (Å²) in [6.45, 7) is 8.86. The van der Waals surface area contributed by atoms with Crippen LogP contribution in [-0.2, 0) is 41.6 Å². The maximum Gasteiger partial charge on any atom is 0.314 e. The van der Waals surface area contributed by atoms with Gasteiger partial charge in [-0.3, -0.25) is 19.3 Å². The summed E-state index contributed by atoms with van der Waals surface area (Å²) in [6, 6.07) is 5.97. The van der Waals surface area contributed by atoms with Crippen LogP contribution in [0.1, 0.15) is 51.2 Å². The smallest absolute Gasteiger partial charge is 0.314 e. The molecular weight excluding hydrogens is 438 g/mol. The number of anilines is 1. The average Bonchev–Trinajstić information content (AvgIpc) is 2.81. The van der Waals surface area contributed by atoms with E-state index in [2.05, 4.69) is 15.5 Å². The molecule has 1 fully saturated rings. The summed E-state index contributed by atoms with van der Waals surface area (Å²) in [5, 5.41) is 6.21. The highest BCUT2D eigenvalue weighted by Gasteiger charge is 2.23. The highest BCUT2D eigenvalue weighted by molar-refractivity contribution is 5.91. The van der Waals surface area contributed by atoms with Crippen molar-refractivity contribution in [2.24, 2.45) is 5.41 Å². The summed E-state index contributed by atoms with van der Waals surface area (Å²) in [5.41, 5.74) is 2.50. The Kier molecular flexibility index (Phi) is 9.44. The Hall–Kier alpha value is -2.49. The minimum atomic E-state index is -0.633. The van der Waals surface area contributed by atoms with Crippen LogP contribution in [0.4, 0.5) is 5.69 Å². The first kappa shape index (κ1) is 26.1. The fourth-order valence-corrected chi connectivity index (χ4v) is 3.92. The second-order valence-electron chi connectivity index (χ2n) is 9.88. The van der Waals surface area contributed by atoms with Gasteiger partial charge in [-0.2, -0.15) is 0 Å². The van der Waals surface area contributed by atoms with Crippen molar-refractivity contribution in [1.82, 2.24) is 10.2 Å². The Balaban J connectivity index is 1.40. The number of nitrogens with zero attached hydrogens (tertiary/aromatic N) is 1. The van der Waals surface area contributed by atoms with Crippen LogP contribution in [0, 0.1) is 5.41 Å². The molecule has 2 heterocycles. The van der Waals surface area contributed by atoms with Crippen molar-refractivity contribution < 1.29 is 28.6 Å². The lowest BCUT2D eigenvalue weighted by Crippen LogP contribution is -2.34. The molecule has 0 radical (unpaired) electrons. The van der Waals surface area contributed by atoms with Crippen molar-refractivity contribution in [3.05, 3.63) is 29.3 Å². The van der Waals surface area contributed by atoms with Crippen LogP contribution in [0.3, 0.4) is 0 Å². The second kappa shape index (κ2) is 12.3. The summed E-state index contributed by atoms with van der Waals surface area (Å²) < 4.78 is 15.7. The predicted octanol–water partition coefficient (Wildman–Crippen LogP) is 2.23. The molecule has 0 saturated carbocycles. The van der Waals surface area contributed by atoms with Gasteiger partial charge in [0, 0.05) is 25.3 Å². The largest absolute Gasteiger partial charge is 0.428 e. The predicted molar refractivity (Wildman–Crippen MR) is 127 cm³/mol. The van der Waals surface area contributed by atoms with Gasteiger partial charge in [-0.05, 0) is 76.4 Å². The lowest BCUT2D eigenvalue weighted by Gasteiger charge is -2.29. The van der Waals surface area contributed by atoms with Gasteiger partial charge in [0.05, 0.1) is 17.9 Å². The van der Waals surface area contributed by atoms with Crippen LogP contribution in [0.15, 0.2) is 18.2 Å². The highest BCUT2D eigenvalue weighted by Crippen LogP contribution is 2.23. The molecule has 2 N–H and O–H groups in total. The summed E-state index contributed by atoms with van der Waals surface area (Å²) >= 11 is 0. The van der Waals surface area contributed by atoms with E-state index < -0.39 is 17.4 Å². The zero-order valence-corrected chi connectivity index (χ0v) is 20.5. The number of hydrogen-bond donors (Lipinski definition) is 2. The number of esters is 2. The number of hydrogen-bond acceptors (Lipinski definition) is 8. The molecule has 2 aliphatic heterocycles. The van der Waals surface area contributed by atoms with E-state index in [4.69, 9.17) is 14.2 Å². The van der Waals surface area contributed by atoms with Crippen LogP contribution in [0.2, 0.25) is 0 Å². The van der Waals surface area contributed by atoms with Crippen LogP contribution < -0.4 is 10.6 Å². The third kappa shape index (κ3) is 8.38. The number of fused-ring (bicyclic) bond motifs is 1. The number of ether oxygens (including phenoxy) is 3. The quantitative estimate of drug-likeness (QED) is 0.414. The van der Waals surface area contributed by atoms with Crippen molar-refractivity contribution in [2.75, 3.05) is 44.9 Å². The lowest BCUT2D eigenvalue weighted by molar-refractivity contribution is -0.173.